The molecule has 2 nitrogen and oxygen atoms in total. The van der Waals surface area contributed by atoms with E-state index in [0.717, 1.165) is 0 Å². The van der Waals surface area contributed by atoms with Gasteiger partial charge in [-0.1, -0.05) is 32.0 Å². The van der Waals surface area contributed by atoms with Crippen molar-refractivity contribution in [3.8, 4) is 5.69 Å². The molecule has 4 aromatic rings. The molecule has 0 spiro atoms. The van der Waals surface area contributed by atoms with Crippen LogP contribution in [-0.2, 0) is 7.05 Å². The number of hydrogen-bond donors (Lipinski definition) is 0. The van der Waals surface area contributed by atoms with Gasteiger partial charge in [0.05, 0.1) is 18.6 Å². The molecule has 0 aliphatic rings. The van der Waals surface area contributed by atoms with Crippen molar-refractivity contribution in [1.82, 2.24) is 4.57 Å². The topological polar surface area (TPSA) is 8.81 Å². The van der Waals surface area contributed by atoms with E-state index in [0.29, 0.717) is 5.92 Å². The molecule has 132 valence electrons. The minimum Gasteiger partial charge on any atom is -0.236 e. The summed E-state index contributed by atoms with van der Waals surface area (Å²) in [6, 6.07) is 15.8. The van der Waals surface area contributed by atoms with E-state index < -0.39 is 0 Å². The summed E-state index contributed by atoms with van der Waals surface area (Å²) in [5.41, 5.74) is 9.17. The number of fused-ring (bicyclic) bond motifs is 3. The van der Waals surface area contributed by atoms with E-state index in [9.17, 15) is 0 Å². The van der Waals surface area contributed by atoms with E-state index in [4.69, 9.17) is 0 Å². The number of aromatic nitrogens is 2. The van der Waals surface area contributed by atoms with E-state index in [1.54, 1.807) is 0 Å². The summed E-state index contributed by atoms with van der Waals surface area (Å²) in [6.45, 7) is 11.1. The fraction of sp³-hybridized carbons (Fsp3) is 0.292. The average Bonchev–Trinajstić information content (AvgIpc) is 2.88. The van der Waals surface area contributed by atoms with Crippen LogP contribution in [0.25, 0.3) is 27.6 Å². The summed E-state index contributed by atoms with van der Waals surface area (Å²) in [7, 11) is 2.15. The van der Waals surface area contributed by atoms with Gasteiger partial charge in [0.15, 0.2) is 0 Å². The second-order valence-electron chi connectivity index (χ2n) is 7.87. The van der Waals surface area contributed by atoms with Crippen molar-refractivity contribution in [3.05, 3.63) is 70.9 Å². The lowest BCUT2D eigenvalue weighted by Crippen LogP contribution is -2.31. The van der Waals surface area contributed by atoms with Crippen molar-refractivity contribution < 1.29 is 4.57 Å². The molecule has 0 atom stereocenters. The second kappa shape index (κ2) is 5.98. The number of rotatable bonds is 2. The highest BCUT2D eigenvalue weighted by atomic mass is 15.1. The van der Waals surface area contributed by atoms with Crippen LogP contribution in [0.15, 0.2) is 48.7 Å². The molecule has 0 saturated heterocycles. The van der Waals surface area contributed by atoms with Gasteiger partial charge in [-0.25, -0.2) is 4.57 Å². The fourth-order valence-electron chi connectivity index (χ4n) is 4.28. The lowest BCUT2D eigenvalue weighted by molar-refractivity contribution is -0.647. The number of pyridine rings is 1. The van der Waals surface area contributed by atoms with Crippen LogP contribution in [0.2, 0.25) is 0 Å². The Kier molecular flexibility index (Phi) is 3.87. The van der Waals surface area contributed by atoms with E-state index in [1.165, 1.54) is 49.9 Å². The third-order valence-electron chi connectivity index (χ3n) is 5.45. The van der Waals surface area contributed by atoms with E-state index in [2.05, 4.69) is 99.5 Å². The number of nitrogens with zero attached hydrogens (tertiary/aromatic N) is 2. The van der Waals surface area contributed by atoms with Gasteiger partial charge in [0.2, 0.25) is 0 Å². The molecule has 0 saturated carbocycles. The third kappa shape index (κ3) is 2.44. The molecule has 4 rings (SSSR count). The van der Waals surface area contributed by atoms with Crippen LogP contribution in [-0.4, -0.2) is 4.57 Å². The van der Waals surface area contributed by atoms with Gasteiger partial charge in [0.25, 0.3) is 5.65 Å². The van der Waals surface area contributed by atoms with Crippen molar-refractivity contribution in [2.45, 2.75) is 40.5 Å². The van der Waals surface area contributed by atoms with Crippen molar-refractivity contribution >= 4 is 21.9 Å². The molecule has 2 aromatic carbocycles. The molecule has 0 unspecified atom stereocenters. The maximum atomic E-state index is 2.44. The molecule has 26 heavy (non-hydrogen) atoms. The van der Waals surface area contributed by atoms with Crippen LogP contribution in [0.5, 0.6) is 0 Å². The minimum absolute atomic E-state index is 0.515. The summed E-state index contributed by atoms with van der Waals surface area (Å²) >= 11 is 0. The first-order valence-electron chi connectivity index (χ1n) is 9.39. The Hall–Kier alpha value is -2.61. The highest BCUT2D eigenvalue weighted by Crippen LogP contribution is 2.34. The maximum absolute atomic E-state index is 2.44. The van der Waals surface area contributed by atoms with Crippen LogP contribution < -0.4 is 4.57 Å². The standard InChI is InChI=1S/C24H27N2/c1-15(2)19-8-7-9-22(18(19)5)26-23-13-16(3)10-11-20(23)21-12-17(4)14-25(6)24(21)26/h7-15H,1-6H3/q+1. The van der Waals surface area contributed by atoms with Gasteiger partial charge in [0.1, 0.15) is 11.2 Å². The molecule has 0 bridgehead atoms. The maximum Gasteiger partial charge on any atom is 0.294 e. The lowest BCUT2D eigenvalue weighted by Gasteiger charge is -2.13. The zero-order chi connectivity index (χ0) is 18.6. The average molecular weight is 343 g/mol. The fourth-order valence-corrected chi connectivity index (χ4v) is 4.28. The van der Waals surface area contributed by atoms with Crippen LogP contribution in [0, 0.1) is 20.8 Å². The molecular weight excluding hydrogens is 316 g/mol. The van der Waals surface area contributed by atoms with Crippen LogP contribution in [0.1, 0.15) is 42.0 Å². The van der Waals surface area contributed by atoms with Gasteiger partial charge in [-0.15, -0.1) is 0 Å². The van der Waals surface area contributed by atoms with E-state index in [-0.39, 0.29) is 0 Å². The molecule has 0 N–H and O–H groups in total. The molecule has 2 aromatic heterocycles. The third-order valence-corrected chi connectivity index (χ3v) is 5.45. The van der Waals surface area contributed by atoms with Crippen LogP contribution in [0.4, 0.5) is 0 Å². The number of benzene rings is 2. The zero-order valence-electron chi connectivity index (χ0n) is 16.6. The van der Waals surface area contributed by atoms with E-state index in [1.807, 2.05) is 0 Å². The monoisotopic (exact) mass is 343 g/mol. The quantitative estimate of drug-likeness (QED) is 0.415. The second-order valence-corrected chi connectivity index (χ2v) is 7.87. The molecule has 2 heteroatoms. The summed E-state index contributed by atoms with van der Waals surface area (Å²) in [5.74, 6) is 0.515. The van der Waals surface area contributed by atoms with Crippen molar-refractivity contribution in [3.63, 3.8) is 0 Å². The summed E-state index contributed by atoms with van der Waals surface area (Å²) < 4.78 is 4.71. The van der Waals surface area contributed by atoms with Crippen LogP contribution in [0.3, 0.4) is 0 Å². The van der Waals surface area contributed by atoms with Crippen LogP contribution >= 0.6 is 0 Å². The first kappa shape index (κ1) is 16.8. The lowest BCUT2D eigenvalue weighted by atomic mass is 9.97. The summed E-state index contributed by atoms with van der Waals surface area (Å²) in [5, 5.41) is 2.64. The van der Waals surface area contributed by atoms with Crippen molar-refractivity contribution in [2.24, 2.45) is 7.05 Å². The van der Waals surface area contributed by atoms with Gasteiger partial charge in [-0.05, 0) is 73.2 Å². The van der Waals surface area contributed by atoms with Crippen molar-refractivity contribution in [1.29, 1.82) is 0 Å². The Morgan fingerprint density at radius 1 is 0.885 bits per heavy atom. The van der Waals surface area contributed by atoms with Gasteiger partial charge < -0.3 is 0 Å². The molecule has 2 heterocycles. The Balaban J connectivity index is 2.22. The molecule has 0 aliphatic heterocycles. The number of hydrogen-bond acceptors (Lipinski definition) is 0. The molecule has 0 amide bonds. The smallest absolute Gasteiger partial charge is 0.236 e. The van der Waals surface area contributed by atoms with Crippen molar-refractivity contribution in [2.75, 3.05) is 0 Å². The van der Waals surface area contributed by atoms with Gasteiger partial charge in [-0.3, -0.25) is 0 Å². The highest BCUT2D eigenvalue weighted by molar-refractivity contribution is 6.07. The SMILES string of the molecule is Cc1ccc2c3cc(C)c[n+](C)c3n(-c3cccc(C(C)C)c3C)c2c1. The Labute approximate surface area is 155 Å². The van der Waals surface area contributed by atoms with Gasteiger partial charge >= 0.3 is 0 Å². The predicted octanol–water partition coefficient (Wildman–Crippen LogP) is 5.66. The Bertz CT molecular complexity index is 1150. The van der Waals surface area contributed by atoms with Gasteiger partial charge in [-0.2, -0.15) is 4.57 Å². The number of aryl methyl sites for hydroxylation is 3. The first-order chi connectivity index (χ1) is 12.4. The molecule has 0 aliphatic carbocycles. The van der Waals surface area contributed by atoms with E-state index >= 15 is 0 Å². The predicted molar refractivity (Wildman–Crippen MR) is 110 cm³/mol. The normalized spacial score (nSPS) is 11.8. The minimum atomic E-state index is 0.515. The Morgan fingerprint density at radius 3 is 2.38 bits per heavy atom. The molecular formula is C24H27N2+. The zero-order valence-corrected chi connectivity index (χ0v) is 16.6. The van der Waals surface area contributed by atoms with Gasteiger partial charge in [0, 0.05) is 5.39 Å². The molecule has 0 fully saturated rings. The Morgan fingerprint density at radius 2 is 1.65 bits per heavy atom. The summed E-state index contributed by atoms with van der Waals surface area (Å²) in [6.07, 6.45) is 2.21. The first-order valence-corrected chi connectivity index (χ1v) is 9.39. The molecule has 0 radical (unpaired) electrons. The largest absolute Gasteiger partial charge is 0.294 e. The highest BCUT2D eigenvalue weighted by Gasteiger charge is 2.24. The summed E-state index contributed by atoms with van der Waals surface area (Å²) in [4.78, 5) is 0.